The van der Waals surface area contributed by atoms with E-state index in [1.807, 2.05) is 48.5 Å². The molecule has 35 heavy (non-hydrogen) atoms. The van der Waals surface area contributed by atoms with Crippen molar-refractivity contribution in [3.8, 4) is 0 Å². The predicted octanol–water partition coefficient (Wildman–Crippen LogP) is 5.30. The zero-order chi connectivity index (χ0) is 24.5. The first kappa shape index (κ1) is 23.8. The van der Waals surface area contributed by atoms with Crippen LogP contribution < -0.4 is 14.9 Å². The van der Waals surface area contributed by atoms with Gasteiger partial charge in [0.15, 0.2) is 4.80 Å². The lowest BCUT2D eigenvalue weighted by molar-refractivity contribution is -0.135. The topological polar surface area (TPSA) is 60.7 Å². The summed E-state index contributed by atoms with van der Waals surface area (Å²) in [6.07, 6.45) is 6.06. The van der Waals surface area contributed by atoms with Crippen molar-refractivity contribution in [2.75, 3.05) is 6.61 Å². The fourth-order valence-electron chi connectivity index (χ4n) is 4.55. The predicted molar refractivity (Wildman–Crippen MR) is 140 cm³/mol. The van der Waals surface area contributed by atoms with Crippen molar-refractivity contribution >= 4 is 52.7 Å². The van der Waals surface area contributed by atoms with Crippen LogP contribution in [0.3, 0.4) is 0 Å². The number of aromatic nitrogens is 1. The molecule has 0 N–H and O–H groups in total. The van der Waals surface area contributed by atoms with E-state index in [-0.39, 0.29) is 18.2 Å². The number of hydrogen-bond acceptors (Lipinski definition) is 5. The molecule has 1 aliphatic heterocycles. The van der Waals surface area contributed by atoms with Crippen LogP contribution >= 0.6 is 34.5 Å². The van der Waals surface area contributed by atoms with E-state index in [1.165, 1.54) is 17.4 Å². The molecular weight excluding hydrogens is 503 g/mol. The summed E-state index contributed by atoms with van der Waals surface area (Å²) in [5.41, 5.74) is 4.87. The second-order valence-electron chi connectivity index (χ2n) is 8.33. The SMILES string of the molecule is CCOC(=O)C=c1sc2n(c1=O)C(c1ccc(Cl)cc1)C1=C(N=2)C(=Cc2ccc(Cl)cc2)CCC1. The number of carbonyl (C=O) groups is 1. The molecule has 5 nitrogen and oxygen atoms in total. The van der Waals surface area contributed by atoms with Crippen molar-refractivity contribution in [3.63, 3.8) is 0 Å². The first-order chi connectivity index (χ1) is 16.9. The number of hydrogen-bond donors (Lipinski definition) is 0. The summed E-state index contributed by atoms with van der Waals surface area (Å²) in [4.78, 5) is 31.1. The number of nitrogens with zero attached hydrogens (tertiary/aromatic N) is 2. The Morgan fingerprint density at radius 3 is 2.49 bits per heavy atom. The van der Waals surface area contributed by atoms with Crippen LogP contribution in [-0.4, -0.2) is 17.1 Å². The normalized spacial score (nSPS) is 18.8. The summed E-state index contributed by atoms with van der Waals surface area (Å²) in [5, 5.41) is 1.32. The zero-order valence-corrected chi connectivity index (χ0v) is 21.3. The molecule has 1 aromatic heterocycles. The minimum absolute atomic E-state index is 0.244. The van der Waals surface area contributed by atoms with Crippen molar-refractivity contribution in [2.45, 2.75) is 32.2 Å². The number of halogens is 2. The molecule has 0 radical (unpaired) electrons. The molecule has 178 valence electrons. The molecule has 0 saturated carbocycles. The summed E-state index contributed by atoms with van der Waals surface area (Å²) in [6, 6.07) is 14.9. The van der Waals surface area contributed by atoms with Crippen molar-refractivity contribution < 1.29 is 9.53 Å². The maximum Gasteiger partial charge on any atom is 0.332 e. The third-order valence-corrected chi connectivity index (χ3v) is 7.55. The Balaban J connectivity index is 1.73. The second kappa shape index (κ2) is 9.97. The number of fused-ring (bicyclic) bond motifs is 1. The van der Waals surface area contributed by atoms with Gasteiger partial charge in [-0.2, -0.15) is 0 Å². The Bertz CT molecular complexity index is 1530. The second-order valence-corrected chi connectivity index (χ2v) is 10.2. The maximum absolute atomic E-state index is 13.5. The molecule has 0 saturated heterocycles. The average Bonchev–Trinajstić information content (AvgIpc) is 3.15. The number of thiazole rings is 1. The smallest absolute Gasteiger partial charge is 0.332 e. The maximum atomic E-state index is 13.5. The fraction of sp³-hybridized carbons (Fsp3) is 0.222. The monoisotopic (exact) mass is 524 g/mol. The highest BCUT2D eigenvalue weighted by Gasteiger charge is 2.32. The lowest BCUT2D eigenvalue weighted by Gasteiger charge is -2.31. The van der Waals surface area contributed by atoms with Gasteiger partial charge >= 0.3 is 5.97 Å². The molecule has 1 aliphatic carbocycles. The van der Waals surface area contributed by atoms with Gasteiger partial charge in [0.2, 0.25) is 0 Å². The van der Waals surface area contributed by atoms with Crippen LogP contribution in [0.1, 0.15) is 43.4 Å². The molecule has 3 aromatic rings. The first-order valence-electron chi connectivity index (χ1n) is 11.4. The molecular formula is C27H22Cl2N2O3S. The van der Waals surface area contributed by atoms with Crippen molar-refractivity contribution in [1.29, 1.82) is 0 Å². The molecule has 2 heterocycles. The highest BCUT2D eigenvalue weighted by molar-refractivity contribution is 7.07. The standard InChI is InChI=1S/C27H22Cl2N2O3S/c1-2-34-23(32)15-22-26(33)31-25(17-8-12-20(29)13-9-17)21-5-3-4-18(24(21)30-27(31)35-22)14-16-6-10-19(28)11-7-16/h6-15,25H,2-5H2,1H3. The summed E-state index contributed by atoms with van der Waals surface area (Å²) in [6.45, 7) is 1.98. The van der Waals surface area contributed by atoms with Crippen LogP contribution in [0.4, 0.5) is 0 Å². The van der Waals surface area contributed by atoms with Crippen LogP contribution in [0, 0.1) is 0 Å². The quantitative estimate of drug-likeness (QED) is 0.434. The lowest BCUT2D eigenvalue weighted by atomic mass is 9.84. The van der Waals surface area contributed by atoms with E-state index in [0.29, 0.717) is 19.4 Å². The number of benzene rings is 2. The largest absolute Gasteiger partial charge is 0.463 e. The number of rotatable bonds is 4. The van der Waals surface area contributed by atoms with E-state index in [4.69, 9.17) is 32.9 Å². The van der Waals surface area contributed by atoms with Gasteiger partial charge in [0.05, 0.1) is 18.3 Å². The van der Waals surface area contributed by atoms with Crippen LogP contribution in [0.15, 0.2) is 75.2 Å². The Hall–Kier alpha value is -2.93. The van der Waals surface area contributed by atoms with Crippen LogP contribution in [0.2, 0.25) is 10.0 Å². The molecule has 1 unspecified atom stereocenters. The van der Waals surface area contributed by atoms with Gasteiger partial charge in [0.25, 0.3) is 5.56 Å². The van der Waals surface area contributed by atoms with Gasteiger partial charge in [0, 0.05) is 16.1 Å². The van der Waals surface area contributed by atoms with E-state index in [2.05, 4.69) is 6.08 Å². The van der Waals surface area contributed by atoms with Gasteiger partial charge in [-0.15, -0.1) is 0 Å². The summed E-state index contributed by atoms with van der Waals surface area (Å²) >= 11 is 13.4. The van der Waals surface area contributed by atoms with Crippen molar-refractivity contribution in [3.05, 3.63) is 106 Å². The van der Waals surface area contributed by atoms with Gasteiger partial charge in [-0.05, 0) is 78.8 Å². The summed E-state index contributed by atoms with van der Waals surface area (Å²) in [7, 11) is 0. The molecule has 8 heteroatoms. The lowest BCUT2D eigenvalue weighted by Crippen LogP contribution is -2.39. The molecule has 1 atom stereocenters. The van der Waals surface area contributed by atoms with E-state index in [1.54, 1.807) is 11.5 Å². The average molecular weight is 525 g/mol. The highest BCUT2D eigenvalue weighted by Crippen LogP contribution is 2.41. The van der Waals surface area contributed by atoms with E-state index < -0.39 is 5.97 Å². The highest BCUT2D eigenvalue weighted by atomic mass is 35.5. The third-order valence-electron chi connectivity index (χ3n) is 6.07. The minimum atomic E-state index is -0.534. The Morgan fingerprint density at radius 1 is 1.11 bits per heavy atom. The fourth-order valence-corrected chi connectivity index (χ4v) is 5.77. The van der Waals surface area contributed by atoms with E-state index in [0.717, 1.165) is 47.2 Å². The Kier molecular flexibility index (Phi) is 6.78. The summed E-state index contributed by atoms with van der Waals surface area (Å²) < 4.78 is 7.04. The van der Waals surface area contributed by atoms with Gasteiger partial charge in [0.1, 0.15) is 4.53 Å². The first-order valence-corrected chi connectivity index (χ1v) is 13.0. The van der Waals surface area contributed by atoms with E-state index >= 15 is 0 Å². The van der Waals surface area contributed by atoms with Gasteiger partial charge in [-0.25, -0.2) is 9.79 Å². The molecule has 0 fully saturated rings. The summed E-state index contributed by atoms with van der Waals surface area (Å²) in [5.74, 6) is -0.534. The van der Waals surface area contributed by atoms with Crippen LogP contribution in [-0.2, 0) is 9.53 Å². The molecule has 0 amide bonds. The third kappa shape index (κ3) is 4.79. The minimum Gasteiger partial charge on any atom is -0.463 e. The number of allylic oxidation sites excluding steroid dienone is 2. The van der Waals surface area contributed by atoms with Gasteiger partial charge < -0.3 is 4.74 Å². The molecule has 0 bridgehead atoms. The number of esters is 1. The van der Waals surface area contributed by atoms with Crippen molar-refractivity contribution in [1.82, 2.24) is 4.57 Å². The zero-order valence-electron chi connectivity index (χ0n) is 19.0. The Morgan fingerprint density at radius 2 is 1.80 bits per heavy atom. The molecule has 5 rings (SSSR count). The van der Waals surface area contributed by atoms with Crippen LogP contribution in [0.5, 0.6) is 0 Å². The van der Waals surface area contributed by atoms with Gasteiger partial charge in [-0.1, -0.05) is 58.8 Å². The van der Waals surface area contributed by atoms with Crippen molar-refractivity contribution in [2.24, 2.45) is 4.99 Å². The molecule has 2 aromatic carbocycles. The number of ether oxygens (including phenoxy) is 1. The molecule has 0 spiro atoms. The van der Waals surface area contributed by atoms with Crippen LogP contribution in [0.25, 0.3) is 12.2 Å². The Labute approximate surface area is 216 Å². The van der Waals surface area contributed by atoms with E-state index in [9.17, 15) is 9.59 Å². The van der Waals surface area contributed by atoms with Gasteiger partial charge in [-0.3, -0.25) is 9.36 Å². The number of carbonyl (C=O) groups excluding carboxylic acids is 1. The molecule has 2 aliphatic rings.